The van der Waals surface area contributed by atoms with Crippen molar-refractivity contribution in [3.05, 3.63) is 77.7 Å². The van der Waals surface area contributed by atoms with Gasteiger partial charge in [-0.25, -0.2) is 4.98 Å². The van der Waals surface area contributed by atoms with Gasteiger partial charge in [0.05, 0.1) is 11.3 Å². The number of aromatic nitrogens is 1. The third-order valence-electron chi connectivity index (χ3n) is 3.77. The fraction of sp³-hybridized carbons (Fsp3) is 0.100. The molecule has 2 aromatic carbocycles. The Hall–Kier alpha value is -3.13. The minimum Gasteiger partial charge on any atom is -0.358 e. The molecule has 28 heavy (non-hydrogen) atoms. The molecule has 1 heterocycles. The first-order valence-corrected chi connectivity index (χ1v) is 9.14. The lowest BCUT2D eigenvalue weighted by molar-refractivity contribution is -0.137. The highest BCUT2D eigenvalue weighted by Gasteiger charge is 2.30. The monoisotopic (exact) mass is 403 g/mol. The molecule has 1 aromatic heterocycles. The molecule has 144 valence electrons. The summed E-state index contributed by atoms with van der Waals surface area (Å²) in [7, 11) is 0. The molecule has 1 amide bonds. The van der Waals surface area contributed by atoms with E-state index >= 15 is 0 Å². The van der Waals surface area contributed by atoms with Crippen LogP contribution < -0.4 is 10.6 Å². The molecule has 4 nitrogen and oxygen atoms in total. The number of nitrogens with zero attached hydrogens (tertiary/aromatic N) is 1. The van der Waals surface area contributed by atoms with Crippen LogP contribution in [0.1, 0.15) is 15.9 Å². The van der Waals surface area contributed by atoms with E-state index in [4.69, 9.17) is 0 Å². The first-order valence-electron chi connectivity index (χ1n) is 8.26. The van der Waals surface area contributed by atoms with Crippen molar-refractivity contribution >= 4 is 28.1 Å². The fourth-order valence-corrected chi connectivity index (χ4v) is 3.17. The van der Waals surface area contributed by atoms with Gasteiger partial charge in [0, 0.05) is 28.7 Å². The largest absolute Gasteiger partial charge is 0.416 e. The molecule has 0 aliphatic rings. The van der Waals surface area contributed by atoms with E-state index in [1.807, 2.05) is 11.4 Å². The standard InChI is InChI=1S/C20H16F3N3OS/c1-2-9-24-19-26-17(12-28-19)13-5-4-8-16(11-13)25-18(27)14-6-3-7-15(10-14)20(21,22)23/h2-8,10-12H,1,9H2,(H,24,26)(H,25,27). The number of anilines is 2. The average Bonchev–Trinajstić information content (AvgIpc) is 3.15. The number of carbonyl (C=O) groups is 1. The van der Waals surface area contributed by atoms with Crippen LogP contribution in [0.5, 0.6) is 0 Å². The molecular formula is C20H16F3N3OS. The summed E-state index contributed by atoms with van der Waals surface area (Å²) < 4.78 is 38.5. The van der Waals surface area contributed by atoms with E-state index in [2.05, 4.69) is 22.2 Å². The molecule has 0 bridgehead atoms. The number of thiazole rings is 1. The summed E-state index contributed by atoms with van der Waals surface area (Å²) in [5, 5.41) is 8.34. The molecule has 8 heteroatoms. The number of nitrogens with one attached hydrogen (secondary N) is 2. The number of hydrogen-bond acceptors (Lipinski definition) is 4. The molecule has 0 fully saturated rings. The Morgan fingerprint density at radius 2 is 1.96 bits per heavy atom. The number of carbonyl (C=O) groups excluding carboxylic acids is 1. The van der Waals surface area contributed by atoms with Gasteiger partial charge in [-0.1, -0.05) is 24.3 Å². The Morgan fingerprint density at radius 3 is 2.71 bits per heavy atom. The predicted octanol–water partition coefficient (Wildman–Crippen LogP) is 5.68. The Kier molecular flexibility index (Phi) is 5.79. The molecule has 0 saturated heterocycles. The smallest absolute Gasteiger partial charge is 0.358 e. The summed E-state index contributed by atoms with van der Waals surface area (Å²) in [5.41, 5.74) is 1.05. The van der Waals surface area contributed by atoms with E-state index in [1.54, 1.807) is 24.3 Å². The Balaban J connectivity index is 1.77. The highest BCUT2D eigenvalue weighted by molar-refractivity contribution is 7.14. The highest BCUT2D eigenvalue weighted by atomic mass is 32.1. The van der Waals surface area contributed by atoms with E-state index in [-0.39, 0.29) is 5.56 Å². The second kappa shape index (κ2) is 8.26. The summed E-state index contributed by atoms with van der Waals surface area (Å²) in [6.07, 6.45) is -2.77. The van der Waals surface area contributed by atoms with Gasteiger partial charge in [0.25, 0.3) is 5.91 Å². The maximum atomic E-state index is 12.8. The zero-order valence-corrected chi connectivity index (χ0v) is 15.4. The summed E-state index contributed by atoms with van der Waals surface area (Å²) in [6.45, 7) is 4.23. The SMILES string of the molecule is C=CCNc1nc(-c2cccc(NC(=O)c3cccc(C(F)(F)F)c3)c2)cs1. The van der Waals surface area contributed by atoms with Crippen LogP contribution in [0.25, 0.3) is 11.3 Å². The number of alkyl halides is 3. The molecule has 2 N–H and O–H groups in total. The van der Waals surface area contributed by atoms with Crippen molar-refractivity contribution in [2.75, 3.05) is 17.2 Å². The number of halogens is 3. The van der Waals surface area contributed by atoms with Crippen molar-refractivity contribution in [2.45, 2.75) is 6.18 Å². The normalized spacial score (nSPS) is 11.1. The molecule has 0 unspecified atom stereocenters. The van der Waals surface area contributed by atoms with Gasteiger partial charge in [-0.3, -0.25) is 4.79 Å². The lowest BCUT2D eigenvalue weighted by atomic mass is 10.1. The van der Waals surface area contributed by atoms with Crippen LogP contribution in [0.3, 0.4) is 0 Å². The van der Waals surface area contributed by atoms with Crippen molar-refractivity contribution in [3.63, 3.8) is 0 Å². The second-order valence-electron chi connectivity index (χ2n) is 5.82. The summed E-state index contributed by atoms with van der Waals surface area (Å²) in [6, 6.07) is 11.3. The van der Waals surface area contributed by atoms with Crippen LogP contribution in [0.15, 0.2) is 66.6 Å². The summed E-state index contributed by atoms with van der Waals surface area (Å²) in [4.78, 5) is 16.8. The molecule has 0 spiro atoms. The summed E-state index contributed by atoms with van der Waals surface area (Å²) in [5.74, 6) is -0.616. The second-order valence-corrected chi connectivity index (χ2v) is 6.68. The minimum absolute atomic E-state index is 0.0650. The molecule has 0 radical (unpaired) electrons. The van der Waals surface area contributed by atoms with Crippen LogP contribution in [0.2, 0.25) is 0 Å². The maximum absolute atomic E-state index is 12.8. The molecule has 0 atom stereocenters. The molecular weight excluding hydrogens is 387 g/mol. The van der Waals surface area contributed by atoms with Crippen LogP contribution in [-0.4, -0.2) is 17.4 Å². The van der Waals surface area contributed by atoms with Crippen LogP contribution >= 0.6 is 11.3 Å². The van der Waals surface area contributed by atoms with Crippen LogP contribution in [0.4, 0.5) is 24.0 Å². The van der Waals surface area contributed by atoms with Gasteiger partial charge in [0.15, 0.2) is 5.13 Å². The summed E-state index contributed by atoms with van der Waals surface area (Å²) >= 11 is 1.44. The van der Waals surface area contributed by atoms with E-state index in [0.717, 1.165) is 28.5 Å². The van der Waals surface area contributed by atoms with Gasteiger partial charge >= 0.3 is 6.18 Å². The molecule has 0 saturated carbocycles. The van der Waals surface area contributed by atoms with E-state index in [1.165, 1.54) is 23.5 Å². The zero-order chi connectivity index (χ0) is 20.1. The van der Waals surface area contributed by atoms with Crippen molar-refractivity contribution in [2.24, 2.45) is 0 Å². The Morgan fingerprint density at radius 1 is 1.18 bits per heavy atom. The molecule has 0 aliphatic carbocycles. The number of benzene rings is 2. The number of hydrogen-bond donors (Lipinski definition) is 2. The number of amides is 1. The van der Waals surface area contributed by atoms with E-state index < -0.39 is 17.6 Å². The topological polar surface area (TPSA) is 54.0 Å². The fourth-order valence-electron chi connectivity index (χ4n) is 2.44. The highest BCUT2D eigenvalue weighted by Crippen LogP contribution is 2.30. The molecule has 3 aromatic rings. The first-order chi connectivity index (χ1) is 13.4. The van der Waals surface area contributed by atoms with E-state index in [0.29, 0.717) is 12.2 Å². The first kappa shape index (κ1) is 19.6. The minimum atomic E-state index is -4.50. The van der Waals surface area contributed by atoms with Gasteiger partial charge in [0.1, 0.15) is 0 Å². The quantitative estimate of drug-likeness (QED) is 0.521. The Labute approximate surface area is 163 Å². The maximum Gasteiger partial charge on any atom is 0.416 e. The van der Waals surface area contributed by atoms with Crippen LogP contribution in [-0.2, 0) is 6.18 Å². The Bertz CT molecular complexity index is 998. The van der Waals surface area contributed by atoms with Crippen molar-refractivity contribution in [1.29, 1.82) is 0 Å². The van der Waals surface area contributed by atoms with Gasteiger partial charge in [0.2, 0.25) is 0 Å². The zero-order valence-electron chi connectivity index (χ0n) is 14.6. The van der Waals surface area contributed by atoms with Gasteiger partial charge in [-0.15, -0.1) is 17.9 Å². The van der Waals surface area contributed by atoms with Gasteiger partial charge < -0.3 is 10.6 Å². The van der Waals surface area contributed by atoms with Crippen LogP contribution in [0, 0.1) is 0 Å². The molecule has 0 aliphatic heterocycles. The van der Waals surface area contributed by atoms with Crippen molar-refractivity contribution < 1.29 is 18.0 Å². The predicted molar refractivity (Wildman–Crippen MR) is 106 cm³/mol. The van der Waals surface area contributed by atoms with E-state index in [9.17, 15) is 18.0 Å². The van der Waals surface area contributed by atoms with Crippen molar-refractivity contribution in [3.8, 4) is 11.3 Å². The lowest BCUT2D eigenvalue weighted by Gasteiger charge is -2.10. The average molecular weight is 403 g/mol. The third kappa shape index (κ3) is 4.77. The number of rotatable bonds is 6. The lowest BCUT2D eigenvalue weighted by Crippen LogP contribution is -2.14. The van der Waals surface area contributed by atoms with Gasteiger partial charge in [-0.2, -0.15) is 13.2 Å². The van der Waals surface area contributed by atoms with Crippen molar-refractivity contribution in [1.82, 2.24) is 4.98 Å². The van der Waals surface area contributed by atoms with Gasteiger partial charge in [-0.05, 0) is 30.3 Å². The molecule has 3 rings (SSSR count). The third-order valence-corrected chi connectivity index (χ3v) is 4.57.